The van der Waals surface area contributed by atoms with Gasteiger partial charge in [0.15, 0.2) is 0 Å². The van der Waals surface area contributed by atoms with Crippen molar-refractivity contribution in [3.05, 3.63) is 18.6 Å². The lowest BCUT2D eigenvalue weighted by atomic mass is 10.0. The molecule has 0 amide bonds. The molecule has 0 spiro atoms. The maximum Gasteiger partial charge on any atom is 0.323 e. The van der Waals surface area contributed by atoms with Crippen molar-refractivity contribution in [2.45, 2.75) is 35.1 Å². The van der Waals surface area contributed by atoms with Crippen LogP contribution in [-0.2, 0) is 4.79 Å². The Kier molecular flexibility index (Phi) is 3.11. The smallest absolute Gasteiger partial charge is 0.323 e. The number of nitrogens with two attached hydrogens (primary N) is 1. The van der Waals surface area contributed by atoms with Crippen LogP contribution in [0.25, 0.3) is 0 Å². The van der Waals surface area contributed by atoms with Gasteiger partial charge in [-0.2, -0.15) is 0 Å². The van der Waals surface area contributed by atoms with Crippen LogP contribution in [0.2, 0.25) is 0 Å². The number of carboxylic acids is 1. The quantitative estimate of drug-likeness (QED) is 0.814. The molecule has 1 heterocycles. The third-order valence-electron chi connectivity index (χ3n) is 2.76. The fourth-order valence-electron chi connectivity index (χ4n) is 1.84. The van der Waals surface area contributed by atoms with E-state index in [1.165, 1.54) is 0 Å². The molecular formula is C10H13N3O2S. The van der Waals surface area contributed by atoms with Crippen molar-refractivity contribution in [1.29, 1.82) is 0 Å². The Bertz CT molecular complexity index is 387. The molecule has 2 rings (SSSR count). The second-order valence-electron chi connectivity index (χ2n) is 3.99. The van der Waals surface area contributed by atoms with E-state index in [1.807, 2.05) is 0 Å². The van der Waals surface area contributed by atoms with Gasteiger partial charge in [-0.25, -0.2) is 4.98 Å². The first kappa shape index (κ1) is 11.3. The van der Waals surface area contributed by atoms with Crippen molar-refractivity contribution in [2.75, 3.05) is 0 Å². The third kappa shape index (κ3) is 2.33. The summed E-state index contributed by atoms with van der Waals surface area (Å²) < 4.78 is 0. The molecule has 86 valence electrons. The van der Waals surface area contributed by atoms with E-state index < -0.39 is 11.5 Å². The normalized spacial score (nSPS) is 29.2. The number of aliphatic carboxylic acids is 1. The first-order valence-corrected chi connectivity index (χ1v) is 5.93. The fourth-order valence-corrected chi connectivity index (χ4v) is 3.04. The van der Waals surface area contributed by atoms with E-state index in [2.05, 4.69) is 9.97 Å². The number of carboxylic acid groups (broad SMARTS) is 1. The second kappa shape index (κ2) is 4.39. The highest BCUT2D eigenvalue weighted by Gasteiger charge is 2.42. The van der Waals surface area contributed by atoms with Gasteiger partial charge in [-0.3, -0.25) is 9.78 Å². The Balaban J connectivity index is 1.98. The number of thioether (sulfide) groups is 1. The van der Waals surface area contributed by atoms with E-state index in [9.17, 15) is 4.79 Å². The Morgan fingerprint density at radius 3 is 3.00 bits per heavy atom. The summed E-state index contributed by atoms with van der Waals surface area (Å²) in [5, 5.41) is 10.0. The van der Waals surface area contributed by atoms with Crippen LogP contribution in [-0.4, -0.2) is 31.8 Å². The Morgan fingerprint density at radius 2 is 2.44 bits per heavy atom. The zero-order valence-electron chi connectivity index (χ0n) is 8.67. The van der Waals surface area contributed by atoms with Gasteiger partial charge in [0.2, 0.25) is 0 Å². The summed E-state index contributed by atoms with van der Waals surface area (Å²) in [6, 6.07) is 0. The van der Waals surface area contributed by atoms with E-state index in [0.717, 1.165) is 11.4 Å². The van der Waals surface area contributed by atoms with Crippen molar-refractivity contribution >= 4 is 17.7 Å². The second-order valence-corrected chi connectivity index (χ2v) is 5.31. The standard InChI is InChI=1S/C10H13N3O2S/c11-10(9(14)15)2-1-7(5-10)16-8-6-12-3-4-13-8/h3-4,6-7H,1-2,5,11H2,(H,14,15). The maximum atomic E-state index is 11.0. The van der Waals surface area contributed by atoms with Crippen LogP contribution in [0.4, 0.5) is 0 Å². The summed E-state index contributed by atoms with van der Waals surface area (Å²) in [6.07, 6.45) is 6.75. The average molecular weight is 239 g/mol. The first-order chi connectivity index (χ1) is 7.60. The highest BCUT2D eigenvalue weighted by Crippen LogP contribution is 2.38. The molecule has 1 aliphatic rings. The van der Waals surface area contributed by atoms with Gasteiger partial charge in [0.1, 0.15) is 10.6 Å². The minimum Gasteiger partial charge on any atom is -0.480 e. The monoisotopic (exact) mass is 239 g/mol. The van der Waals surface area contributed by atoms with Crippen molar-refractivity contribution in [3.63, 3.8) is 0 Å². The van der Waals surface area contributed by atoms with Gasteiger partial charge < -0.3 is 10.8 Å². The van der Waals surface area contributed by atoms with Crippen LogP contribution in [0.5, 0.6) is 0 Å². The molecule has 0 aromatic carbocycles. The van der Waals surface area contributed by atoms with Crippen molar-refractivity contribution < 1.29 is 9.90 Å². The Labute approximate surface area is 97.5 Å². The van der Waals surface area contributed by atoms with Gasteiger partial charge in [-0.05, 0) is 19.3 Å². The van der Waals surface area contributed by atoms with E-state index in [-0.39, 0.29) is 5.25 Å². The number of aromatic nitrogens is 2. The zero-order chi connectivity index (χ0) is 11.6. The number of nitrogens with zero attached hydrogens (tertiary/aromatic N) is 2. The SMILES string of the molecule is NC1(C(=O)O)CCC(Sc2cnccn2)C1. The van der Waals surface area contributed by atoms with Crippen LogP contribution in [0.3, 0.4) is 0 Å². The van der Waals surface area contributed by atoms with Crippen molar-refractivity contribution in [3.8, 4) is 0 Å². The van der Waals surface area contributed by atoms with E-state index in [0.29, 0.717) is 12.8 Å². The lowest BCUT2D eigenvalue weighted by Crippen LogP contribution is -2.45. The first-order valence-electron chi connectivity index (χ1n) is 5.05. The predicted molar refractivity (Wildman–Crippen MR) is 60.1 cm³/mol. The Hall–Kier alpha value is -1.14. The molecule has 1 fully saturated rings. The molecule has 3 N–H and O–H groups in total. The summed E-state index contributed by atoms with van der Waals surface area (Å²) in [7, 11) is 0. The summed E-state index contributed by atoms with van der Waals surface area (Å²) >= 11 is 1.55. The summed E-state index contributed by atoms with van der Waals surface area (Å²) in [5.74, 6) is -0.908. The van der Waals surface area contributed by atoms with Gasteiger partial charge in [0, 0.05) is 17.6 Å². The summed E-state index contributed by atoms with van der Waals surface area (Å²) in [6.45, 7) is 0. The molecule has 0 aliphatic heterocycles. The van der Waals surface area contributed by atoms with Crippen molar-refractivity contribution in [1.82, 2.24) is 9.97 Å². The largest absolute Gasteiger partial charge is 0.480 e. The van der Waals surface area contributed by atoms with Crippen LogP contribution < -0.4 is 5.73 Å². The van der Waals surface area contributed by atoms with Crippen LogP contribution in [0.1, 0.15) is 19.3 Å². The van der Waals surface area contributed by atoms with Gasteiger partial charge in [0.05, 0.1) is 6.20 Å². The molecular weight excluding hydrogens is 226 g/mol. The summed E-state index contributed by atoms with van der Waals surface area (Å²) in [4.78, 5) is 19.1. The molecule has 1 aliphatic carbocycles. The molecule has 0 saturated heterocycles. The average Bonchev–Trinajstić information content (AvgIpc) is 2.63. The third-order valence-corrected chi connectivity index (χ3v) is 3.95. The molecule has 0 radical (unpaired) electrons. The molecule has 5 nitrogen and oxygen atoms in total. The molecule has 2 unspecified atom stereocenters. The topological polar surface area (TPSA) is 89.1 Å². The Morgan fingerprint density at radius 1 is 1.62 bits per heavy atom. The highest BCUT2D eigenvalue weighted by molar-refractivity contribution is 7.99. The lowest BCUT2D eigenvalue weighted by molar-refractivity contribution is -0.143. The summed E-state index contributed by atoms with van der Waals surface area (Å²) in [5.41, 5.74) is 4.74. The molecule has 1 saturated carbocycles. The van der Waals surface area contributed by atoms with Gasteiger partial charge >= 0.3 is 5.97 Å². The molecule has 2 atom stereocenters. The molecule has 1 aromatic rings. The molecule has 0 bridgehead atoms. The van der Waals surface area contributed by atoms with Crippen LogP contribution in [0, 0.1) is 0 Å². The van der Waals surface area contributed by atoms with Crippen molar-refractivity contribution in [2.24, 2.45) is 5.73 Å². The molecule has 6 heteroatoms. The van der Waals surface area contributed by atoms with Crippen LogP contribution >= 0.6 is 11.8 Å². The van der Waals surface area contributed by atoms with Gasteiger partial charge in [-0.1, -0.05) is 0 Å². The molecule has 1 aromatic heterocycles. The number of hydrogen-bond acceptors (Lipinski definition) is 5. The molecule has 16 heavy (non-hydrogen) atoms. The minimum absolute atomic E-state index is 0.220. The van der Waals surface area contributed by atoms with Gasteiger partial charge in [0.25, 0.3) is 0 Å². The van der Waals surface area contributed by atoms with Gasteiger partial charge in [-0.15, -0.1) is 11.8 Å². The lowest BCUT2D eigenvalue weighted by Gasteiger charge is -2.17. The zero-order valence-corrected chi connectivity index (χ0v) is 9.48. The van der Waals surface area contributed by atoms with E-state index in [4.69, 9.17) is 10.8 Å². The number of carbonyl (C=O) groups is 1. The number of rotatable bonds is 3. The highest BCUT2D eigenvalue weighted by atomic mass is 32.2. The minimum atomic E-state index is -1.06. The maximum absolute atomic E-state index is 11.0. The van der Waals surface area contributed by atoms with Crippen LogP contribution in [0.15, 0.2) is 23.6 Å². The fraction of sp³-hybridized carbons (Fsp3) is 0.500. The van der Waals surface area contributed by atoms with E-state index in [1.54, 1.807) is 30.4 Å². The predicted octanol–water partition coefficient (Wildman–Crippen LogP) is 0.903. The number of hydrogen-bond donors (Lipinski definition) is 2. The van der Waals surface area contributed by atoms with E-state index >= 15 is 0 Å².